The number of rotatable bonds is 4. The molecule has 4 rings (SSSR count). The first-order valence-corrected chi connectivity index (χ1v) is 9.01. The zero-order valence-electron chi connectivity index (χ0n) is 15.1. The molecule has 1 aliphatic rings. The second-order valence-corrected chi connectivity index (χ2v) is 6.68. The number of aryl methyl sites for hydroxylation is 1. The molecule has 7 heteroatoms. The maximum atomic E-state index is 12.8. The van der Waals surface area contributed by atoms with Crippen LogP contribution in [-0.2, 0) is 11.3 Å². The van der Waals surface area contributed by atoms with Crippen molar-refractivity contribution in [3.8, 4) is 22.8 Å². The van der Waals surface area contributed by atoms with Crippen molar-refractivity contribution in [1.82, 2.24) is 19.6 Å². The minimum absolute atomic E-state index is 0.0193. The van der Waals surface area contributed by atoms with Gasteiger partial charge in [0.15, 0.2) is 0 Å². The maximum Gasteiger partial charge on any atom is 0.263 e. The Morgan fingerprint density at radius 3 is 2.63 bits per heavy atom. The Balaban J connectivity index is 1.62. The lowest BCUT2D eigenvalue weighted by atomic mass is 10.1. The standard InChI is InChI=1S/C20H20N4O3/c1-14-7-2-3-8-15(14)18-21-19(27-22-18)16-9-6-12-24(20(16)26)13-17(25)23-10-4-5-11-23/h2-3,6-9,12H,4-5,10-11,13H2,1H3. The molecule has 0 N–H and O–H groups in total. The van der Waals surface area contributed by atoms with Crippen molar-refractivity contribution in [2.45, 2.75) is 26.3 Å². The first-order valence-electron chi connectivity index (χ1n) is 9.01. The van der Waals surface area contributed by atoms with E-state index in [1.165, 1.54) is 4.57 Å². The van der Waals surface area contributed by atoms with Crippen LogP contribution in [0.4, 0.5) is 0 Å². The molecule has 138 valence electrons. The SMILES string of the molecule is Cc1ccccc1-c1noc(-c2cccn(CC(=O)N3CCCC3)c2=O)n1. The van der Waals surface area contributed by atoms with E-state index >= 15 is 0 Å². The van der Waals surface area contributed by atoms with Gasteiger partial charge in [0.2, 0.25) is 11.7 Å². The van der Waals surface area contributed by atoms with Crippen molar-refractivity contribution in [3.05, 3.63) is 58.5 Å². The number of likely N-dealkylation sites (tertiary alicyclic amines) is 1. The highest BCUT2D eigenvalue weighted by Gasteiger charge is 2.20. The Morgan fingerprint density at radius 1 is 1.11 bits per heavy atom. The van der Waals surface area contributed by atoms with E-state index in [1.54, 1.807) is 23.2 Å². The van der Waals surface area contributed by atoms with Gasteiger partial charge in [0.25, 0.3) is 11.4 Å². The molecule has 0 unspecified atom stereocenters. The molecule has 1 aliphatic heterocycles. The maximum absolute atomic E-state index is 12.8. The Labute approximate surface area is 156 Å². The molecular formula is C20H20N4O3. The third-order valence-electron chi connectivity index (χ3n) is 4.83. The lowest BCUT2D eigenvalue weighted by Gasteiger charge is -2.16. The highest BCUT2D eigenvalue weighted by atomic mass is 16.5. The van der Waals surface area contributed by atoms with E-state index in [0.717, 1.165) is 37.1 Å². The summed E-state index contributed by atoms with van der Waals surface area (Å²) in [7, 11) is 0. The summed E-state index contributed by atoms with van der Waals surface area (Å²) in [6, 6.07) is 11.1. The van der Waals surface area contributed by atoms with Gasteiger partial charge in [0, 0.05) is 24.8 Å². The average molecular weight is 364 g/mol. The molecule has 0 spiro atoms. The molecule has 0 atom stereocenters. The topological polar surface area (TPSA) is 81.2 Å². The van der Waals surface area contributed by atoms with Crippen molar-refractivity contribution < 1.29 is 9.32 Å². The lowest BCUT2D eigenvalue weighted by molar-refractivity contribution is -0.130. The molecule has 1 saturated heterocycles. The van der Waals surface area contributed by atoms with Crippen LogP contribution in [0.2, 0.25) is 0 Å². The van der Waals surface area contributed by atoms with E-state index in [0.29, 0.717) is 11.4 Å². The zero-order chi connectivity index (χ0) is 18.8. The van der Waals surface area contributed by atoms with Crippen molar-refractivity contribution in [1.29, 1.82) is 0 Å². The highest BCUT2D eigenvalue weighted by molar-refractivity contribution is 5.76. The van der Waals surface area contributed by atoms with Gasteiger partial charge in [-0.1, -0.05) is 29.4 Å². The fourth-order valence-corrected chi connectivity index (χ4v) is 3.30. The molecule has 1 amide bonds. The van der Waals surface area contributed by atoms with Gasteiger partial charge < -0.3 is 14.0 Å². The molecule has 2 aromatic heterocycles. The Kier molecular flexibility index (Phi) is 4.58. The Morgan fingerprint density at radius 2 is 1.85 bits per heavy atom. The number of aromatic nitrogens is 3. The summed E-state index contributed by atoms with van der Waals surface area (Å²) in [6.45, 7) is 3.50. The van der Waals surface area contributed by atoms with E-state index in [1.807, 2.05) is 31.2 Å². The summed E-state index contributed by atoms with van der Waals surface area (Å²) in [5.74, 6) is 0.546. The van der Waals surface area contributed by atoms with Crippen LogP contribution in [0, 0.1) is 6.92 Å². The molecule has 27 heavy (non-hydrogen) atoms. The molecule has 0 saturated carbocycles. The number of nitrogens with zero attached hydrogens (tertiary/aromatic N) is 4. The van der Waals surface area contributed by atoms with E-state index in [2.05, 4.69) is 10.1 Å². The van der Waals surface area contributed by atoms with E-state index in [4.69, 9.17) is 4.52 Å². The van der Waals surface area contributed by atoms with Gasteiger partial charge in [0.1, 0.15) is 12.1 Å². The van der Waals surface area contributed by atoms with Crippen LogP contribution in [0.3, 0.4) is 0 Å². The van der Waals surface area contributed by atoms with Gasteiger partial charge in [-0.15, -0.1) is 0 Å². The molecule has 0 aliphatic carbocycles. The van der Waals surface area contributed by atoms with Gasteiger partial charge in [-0.25, -0.2) is 0 Å². The fourth-order valence-electron chi connectivity index (χ4n) is 3.30. The van der Waals surface area contributed by atoms with Crippen LogP contribution >= 0.6 is 0 Å². The molecule has 0 bridgehead atoms. The molecule has 3 aromatic rings. The van der Waals surface area contributed by atoms with Gasteiger partial charge >= 0.3 is 0 Å². The number of carbonyl (C=O) groups is 1. The van der Waals surface area contributed by atoms with Crippen LogP contribution in [0.15, 0.2) is 51.9 Å². The number of benzene rings is 1. The Bertz CT molecular complexity index is 1030. The first-order chi connectivity index (χ1) is 13.1. The van der Waals surface area contributed by atoms with Crippen molar-refractivity contribution in [2.75, 3.05) is 13.1 Å². The molecule has 3 heterocycles. The van der Waals surface area contributed by atoms with E-state index < -0.39 is 0 Å². The van der Waals surface area contributed by atoms with Crippen LogP contribution in [-0.4, -0.2) is 38.6 Å². The highest BCUT2D eigenvalue weighted by Crippen LogP contribution is 2.22. The average Bonchev–Trinajstić information content (AvgIpc) is 3.36. The summed E-state index contributed by atoms with van der Waals surface area (Å²) >= 11 is 0. The molecular weight excluding hydrogens is 344 g/mol. The minimum Gasteiger partial charge on any atom is -0.341 e. The van der Waals surface area contributed by atoms with Crippen LogP contribution in [0.25, 0.3) is 22.8 Å². The number of hydrogen-bond acceptors (Lipinski definition) is 5. The van der Waals surface area contributed by atoms with E-state index in [-0.39, 0.29) is 23.9 Å². The smallest absolute Gasteiger partial charge is 0.263 e. The second-order valence-electron chi connectivity index (χ2n) is 6.68. The number of amides is 1. The molecule has 7 nitrogen and oxygen atoms in total. The predicted octanol–water partition coefficient (Wildman–Crippen LogP) is 2.50. The number of carbonyl (C=O) groups excluding carboxylic acids is 1. The molecule has 1 aromatic carbocycles. The van der Waals surface area contributed by atoms with Crippen molar-refractivity contribution in [3.63, 3.8) is 0 Å². The van der Waals surface area contributed by atoms with Crippen molar-refractivity contribution >= 4 is 5.91 Å². The third kappa shape index (κ3) is 3.40. The quantitative estimate of drug-likeness (QED) is 0.710. The fraction of sp³-hybridized carbons (Fsp3) is 0.300. The largest absolute Gasteiger partial charge is 0.341 e. The minimum atomic E-state index is -0.315. The van der Waals surface area contributed by atoms with Gasteiger partial charge in [-0.2, -0.15) is 4.98 Å². The molecule has 1 fully saturated rings. The third-order valence-corrected chi connectivity index (χ3v) is 4.83. The second kappa shape index (κ2) is 7.19. The summed E-state index contributed by atoms with van der Waals surface area (Å²) in [5.41, 5.74) is 1.85. The van der Waals surface area contributed by atoms with Gasteiger partial charge in [-0.05, 0) is 37.5 Å². The number of pyridine rings is 1. The van der Waals surface area contributed by atoms with Crippen LogP contribution in [0.5, 0.6) is 0 Å². The predicted molar refractivity (Wildman–Crippen MR) is 100.0 cm³/mol. The monoisotopic (exact) mass is 364 g/mol. The zero-order valence-corrected chi connectivity index (χ0v) is 15.1. The van der Waals surface area contributed by atoms with Gasteiger partial charge in [0.05, 0.1) is 0 Å². The van der Waals surface area contributed by atoms with Crippen molar-refractivity contribution in [2.24, 2.45) is 0 Å². The van der Waals surface area contributed by atoms with Crippen LogP contribution < -0.4 is 5.56 Å². The first kappa shape index (κ1) is 17.2. The lowest BCUT2D eigenvalue weighted by Crippen LogP contribution is -2.34. The van der Waals surface area contributed by atoms with Crippen LogP contribution in [0.1, 0.15) is 18.4 Å². The summed E-state index contributed by atoms with van der Waals surface area (Å²) in [6.07, 6.45) is 3.65. The van der Waals surface area contributed by atoms with E-state index in [9.17, 15) is 9.59 Å². The molecule has 0 radical (unpaired) electrons. The summed E-state index contributed by atoms with van der Waals surface area (Å²) in [5, 5.41) is 4.01. The summed E-state index contributed by atoms with van der Waals surface area (Å²) < 4.78 is 6.73. The summed E-state index contributed by atoms with van der Waals surface area (Å²) in [4.78, 5) is 31.3. The normalized spacial score (nSPS) is 13.9. The number of hydrogen-bond donors (Lipinski definition) is 0. The Hall–Kier alpha value is -3.22. The van der Waals surface area contributed by atoms with Gasteiger partial charge in [-0.3, -0.25) is 9.59 Å².